The smallest absolute Gasteiger partial charge is 0.320 e. The third-order valence-electron chi connectivity index (χ3n) is 3.32. The molecule has 1 heterocycles. The van der Waals surface area contributed by atoms with Crippen molar-refractivity contribution in [3.63, 3.8) is 0 Å². The molecule has 0 bridgehead atoms. The standard InChI is InChI=1S/C13H19N3O/c1-10-3-5-11(6-4-10)8-16-9-12(7-14)15(2)13(16)17/h3-6,12H,7-9,14H2,1-2H3. The Labute approximate surface area is 102 Å². The number of nitrogens with zero attached hydrogens (tertiary/aromatic N) is 2. The lowest BCUT2D eigenvalue weighted by Crippen LogP contribution is -2.35. The molecule has 1 saturated heterocycles. The van der Waals surface area contributed by atoms with E-state index in [2.05, 4.69) is 31.2 Å². The van der Waals surface area contributed by atoms with E-state index in [0.29, 0.717) is 13.1 Å². The maximum Gasteiger partial charge on any atom is 0.320 e. The molecule has 0 radical (unpaired) electrons. The highest BCUT2D eigenvalue weighted by atomic mass is 16.2. The summed E-state index contributed by atoms with van der Waals surface area (Å²) in [5.74, 6) is 0. The fourth-order valence-electron chi connectivity index (χ4n) is 2.11. The van der Waals surface area contributed by atoms with Crippen molar-refractivity contribution in [2.24, 2.45) is 5.73 Å². The van der Waals surface area contributed by atoms with Crippen LogP contribution in [0.5, 0.6) is 0 Å². The summed E-state index contributed by atoms with van der Waals surface area (Å²) >= 11 is 0. The van der Waals surface area contributed by atoms with Crippen LogP contribution in [-0.2, 0) is 6.54 Å². The first-order valence-electron chi connectivity index (χ1n) is 5.89. The minimum atomic E-state index is 0.0704. The van der Waals surface area contributed by atoms with Gasteiger partial charge in [-0.05, 0) is 12.5 Å². The molecule has 0 saturated carbocycles. The Morgan fingerprint density at radius 1 is 1.35 bits per heavy atom. The fourth-order valence-corrected chi connectivity index (χ4v) is 2.11. The van der Waals surface area contributed by atoms with Gasteiger partial charge in [-0.1, -0.05) is 29.8 Å². The minimum Gasteiger partial charge on any atom is -0.328 e. The second kappa shape index (κ2) is 4.75. The van der Waals surface area contributed by atoms with E-state index in [1.165, 1.54) is 5.56 Å². The highest BCUT2D eigenvalue weighted by Crippen LogP contribution is 2.16. The van der Waals surface area contributed by atoms with Gasteiger partial charge in [0.05, 0.1) is 6.04 Å². The lowest BCUT2D eigenvalue weighted by Gasteiger charge is -2.16. The van der Waals surface area contributed by atoms with Gasteiger partial charge >= 0.3 is 6.03 Å². The average Bonchev–Trinajstić information content (AvgIpc) is 2.60. The summed E-state index contributed by atoms with van der Waals surface area (Å²) in [6.45, 7) is 3.97. The quantitative estimate of drug-likeness (QED) is 0.852. The zero-order valence-corrected chi connectivity index (χ0v) is 10.4. The highest BCUT2D eigenvalue weighted by molar-refractivity contribution is 5.76. The Morgan fingerprint density at radius 3 is 2.53 bits per heavy atom. The van der Waals surface area contributed by atoms with Gasteiger partial charge in [0.15, 0.2) is 0 Å². The van der Waals surface area contributed by atoms with Crippen LogP contribution in [-0.4, -0.2) is 42.0 Å². The van der Waals surface area contributed by atoms with Crippen molar-refractivity contribution in [1.29, 1.82) is 0 Å². The maximum absolute atomic E-state index is 11.9. The third kappa shape index (κ3) is 2.42. The molecule has 4 heteroatoms. The number of nitrogens with two attached hydrogens (primary N) is 1. The Morgan fingerprint density at radius 2 is 2.00 bits per heavy atom. The first-order chi connectivity index (χ1) is 8.11. The Hall–Kier alpha value is -1.55. The van der Waals surface area contributed by atoms with E-state index in [1.54, 1.807) is 4.90 Å². The molecule has 1 aliphatic heterocycles. The Bertz CT molecular complexity index is 402. The number of aryl methyl sites for hydroxylation is 1. The molecule has 2 amide bonds. The Kier molecular flexibility index (Phi) is 3.33. The summed E-state index contributed by atoms with van der Waals surface area (Å²) in [5, 5.41) is 0. The average molecular weight is 233 g/mol. The number of likely N-dealkylation sites (N-methyl/N-ethyl adjacent to an activating group) is 1. The Balaban J connectivity index is 2.05. The van der Waals surface area contributed by atoms with Crippen molar-refractivity contribution in [2.75, 3.05) is 20.1 Å². The van der Waals surface area contributed by atoms with Crippen LogP contribution in [0, 0.1) is 6.92 Å². The maximum atomic E-state index is 11.9. The summed E-state index contributed by atoms with van der Waals surface area (Å²) in [7, 11) is 1.81. The van der Waals surface area contributed by atoms with Gasteiger partial charge in [0.2, 0.25) is 0 Å². The largest absolute Gasteiger partial charge is 0.328 e. The van der Waals surface area contributed by atoms with Crippen LogP contribution < -0.4 is 5.73 Å². The number of carbonyl (C=O) groups is 1. The molecule has 1 unspecified atom stereocenters. The molecule has 17 heavy (non-hydrogen) atoms. The second-order valence-corrected chi connectivity index (χ2v) is 4.65. The highest BCUT2D eigenvalue weighted by Gasteiger charge is 2.33. The van der Waals surface area contributed by atoms with Gasteiger partial charge in [0.25, 0.3) is 0 Å². The van der Waals surface area contributed by atoms with Gasteiger partial charge in [0, 0.05) is 26.7 Å². The van der Waals surface area contributed by atoms with Gasteiger partial charge in [-0.2, -0.15) is 0 Å². The monoisotopic (exact) mass is 233 g/mol. The first kappa shape index (κ1) is 11.9. The van der Waals surface area contributed by atoms with E-state index < -0.39 is 0 Å². The van der Waals surface area contributed by atoms with Crippen molar-refractivity contribution < 1.29 is 4.79 Å². The lowest BCUT2D eigenvalue weighted by molar-refractivity contribution is 0.194. The van der Waals surface area contributed by atoms with Crippen molar-refractivity contribution in [2.45, 2.75) is 19.5 Å². The number of benzene rings is 1. The van der Waals surface area contributed by atoms with E-state index in [-0.39, 0.29) is 12.1 Å². The van der Waals surface area contributed by atoms with E-state index in [9.17, 15) is 4.79 Å². The van der Waals surface area contributed by atoms with Crippen LogP contribution in [0.1, 0.15) is 11.1 Å². The van der Waals surface area contributed by atoms with E-state index in [4.69, 9.17) is 5.73 Å². The second-order valence-electron chi connectivity index (χ2n) is 4.65. The SMILES string of the molecule is Cc1ccc(CN2CC(CN)N(C)C2=O)cc1. The van der Waals surface area contributed by atoms with E-state index >= 15 is 0 Å². The van der Waals surface area contributed by atoms with Crippen LogP contribution in [0.4, 0.5) is 4.79 Å². The minimum absolute atomic E-state index is 0.0704. The predicted octanol–water partition coefficient (Wildman–Crippen LogP) is 1.19. The van der Waals surface area contributed by atoms with Crippen LogP contribution in [0.15, 0.2) is 24.3 Å². The lowest BCUT2D eigenvalue weighted by atomic mass is 10.1. The number of carbonyl (C=O) groups excluding carboxylic acids is 1. The van der Waals surface area contributed by atoms with Crippen LogP contribution in [0.3, 0.4) is 0 Å². The molecule has 1 aromatic rings. The molecule has 2 rings (SSSR count). The van der Waals surface area contributed by atoms with Gasteiger partial charge < -0.3 is 15.5 Å². The first-order valence-corrected chi connectivity index (χ1v) is 5.89. The van der Waals surface area contributed by atoms with Gasteiger partial charge in [-0.3, -0.25) is 0 Å². The summed E-state index contributed by atoms with van der Waals surface area (Å²) in [5.41, 5.74) is 8.04. The van der Waals surface area contributed by atoms with Crippen molar-refractivity contribution in [3.05, 3.63) is 35.4 Å². The zero-order valence-electron chi connectivity index (χ0n) is 10.4. The number of hydrogen-bond acceptors (Lipinski definition) is 2. The molecule has 2 N–H and O–H groups in total. The predicted molar refractivity (Wildman–Crippen MR) is 67.6 cm³/mol. The summed E-state index contributed by atoms with van der Waals surface area (Å²) in [6.07, 6.45) is 0. The molecular weight excluding hydrogens is 214 g/mol. The van der Waals surface area contributed by atoms with Crippen LogP contribution in [0.2, 0.25) is 0 Å². The van der Waals surface area contributed by atoms with E-state index in [1.807, 2.05) is 11.9 Å². The van der Waals surface area contributed by atoms with Gasteiger partial charge in [-0.15, -0.1) is 0 Å². The third-order valence-corrected chi connectivity index (χ3v) is 3.32. The normalized spacial score (nSPS) is 20.2. The molecule has 1 aromatic carbocycles. The molecule has 0 aliphatic carbocycles. The molecule has 0 spiro atoms. The fraction of sp³-hybridized carbons (Fsp3) is 0.462. The molecule has 1 aliphatic rings. The molecule has 4 nitrogen and oxygen atoms in total. The van der Waals surface area contributed by atoms with Crippen LogP contribution >= 0.6 is 0 Å². The number of rotatable bonds is 3. The molecule has 0 aromatic heterocycles. The topological polar surface area (TPSA) is 49.6 Å². The van der Waals surface area contributed by atoms with Gasteiger partial charge in [-0.25, -0.2) is 4.79 Å². The number of amides is 2. The summed E-state index contributed by atoms with van der Waals surface area (Å²) in [4.78, 5) is 15.5. The van der Waals surface area contributed by atoms with Crippen molar-refractivity contribution >= 4 is 6.03 Å². The number of hydrogen-bond donors (Lipinski definition) is 1. The van der Waals surface area contributed by atoms with E-state index in [0.717, 1.165) is 12.1 Å². The molecule has 1 fully saturated rings. The number of urea groups is 1. The molecular formula is C13H19N3O. The van der Waals surface area contributed by atoms with Crippen LogP contribution in [0.25, 0.3) is 0 Å². The van der Waals surface area contributed by atoms with Crippen molar-refractivity contribution in [1.82, 2.24) is 9.80 Å². The summed E-state index contributed by atoms with van der Waals surface area (Å²) < 4.78 is 0. The van der Waals surface area contributed by atoms with Crippen molar-refractivity contribution in [3.8, 4) is 0 Å². The molecule has 92 valence electrons. The summed E-state index contributed by atoms with van der Waals surface area (Å²) in [6, 6.07) is 8.49. The zero-order chi connectivity index (χ0) is 12.4. The van der Waals surface area contributed by atoms with Gasteiger partial charge in [0.1, 0.15) is 0 Å². The molecule has 1 atom stereocenters.